The van der Waals surface area contributed by atoms with E-state index in [0.29, 0.717) is 12.8 Å². The molecule has 2 amide bonds. The van der Waals surface area contributed by atoms with E-state index in [2.05, 4.69) is 24.5 Å². The number of amides is 2. The molecule has 0 fully saturated rings. The molecule has 0 aromatic heterocycles. The summed E-state index contributed by atoms with van der Waals surface area (Å²) in [4.78, 5) is 47.3. The topological polar surface area (TPSA) is 142 Å². The summed E-state index contributed by atoms with van der Waals surface area (Å²) in [5.74, 6) is -2.32. The molecule has 276 valence electrons. The summed E-state index contributed by atoms with van der Waals surface area (Å²) in [5.41, 5.74) is 0. The van der Waals surface area contributed by atoms with Gasteiger partial charge in [0.05, 0.1) is 13.2 Å². The molecule has 0 aromatic carbocycles. The second-order valence-electron chi connectivity index (χ2n) is 13.4. The summed E-state index contributed by atoms with van der Waals surface area (Å²) in [6.07, 6.45) is 31.4. The van der Waals surface area contributed by atoms with E-state index < -0.39 is 24.5 Å². The van der Waals surface area contributed by atoms with Gasteiger partial charge in [0, 0.05) is 12.8 Å². The molecule has 0 radical (unpaired) electrons. The third-order valence-corrected chi connectivity index (χ3v) is 8.85. The number of aliphatic hydroxyl groups is 1. The SMILES string of the molecule is CCCCCCCCCCCCCCCCC(=O)OC(CCCCCCCC)CCCCCCC(=O)NCC(=O)NC(CO)C(=O)O. The van der Waals surface area contributed by atoms with Gasteiger partial charge in [-0.3, -0.25) is 14.4 Å². The second kappa shape index (κ2) is 33.7. The van der Waals surface area contributed by atoms with Crippen LogP contribution >= 0.6 is 0 Å². The Balaban J connectivity index is 4.12. The fourth-order valence-corrected chi connectivity index (χ4v) is 5.83. The van der Waals surface area contributed by atoms with Crippen molar-refractivity contribution in [3.05, 3.63) is 0 Å². The van der Waals surface area contributed by atoms with Gasteiger partial charge >= 0.3 is 11.9 Å². The molecule has 0 aliphatic carbocycles. The van der Waals surface area contributed by atoms with Crippen LogP contribution in [0.25, 0.3) is 0 Å². The van der Waals surface area contributed by atoms with E-state index in [4.69, 9.17) is 14.9 Å². The lowest BCUT2D eigenvalue weighted by atomic mass is 10.0. The highest BCUT2D eigenvalue weighted by Crippen LogP contribution is 2.18. The zero-order valence-electron chi connectivity index (χ0n) is 30.3. The van der Waals surface area contributed by atoms with Crippen LogP contribution in [0.1, 0.15) is 194 Å². The van der Waals surface area contributed by atoms with E-state index in [1.165, 1.54) is 109 Å². The molecule has 2 unspecified atom stereocenters. The number of aliphatic carboxylic acids is 1. The maximum absolute atomic E-state index is 12.6. The van der Waals surface area contributed by atoms with Crippen LogP contribution in [-0.2, 0) is 23.9 Å². The highest BCUT2D eigenvalue weighted by Gasteiger charge is 2.19. The molecule has 0 rings (SSSR count). The average Bonchev–Trinajstić information content (AvgIpc) is 3.05. The lowest BCUT2D eigenvalue weighted by Crippen LogP contribution is -2.47. The molecular formula is C38H72N2O7. The smallest absolute Gasteiger partial charge is 0.328 e. The van der Waals surface area contributed by atoms with Crippen molar-refractivity contribution in [2.75, 3.05) is 13.2 Å². The van der Waals surface area contributed by atoms with E-state index in [1.54, 1.807) is 0 Å². The summed E-state index contributed by atoms with van der Waals surface area (Å²) >= 11 is 0. The van der Waals surface area contributed by atoms with Crippen molar-refractivity contribution in [2.45, 2.75) is 206 Å². The van der Waals surface area contributed by atoms with Crippen LogP contribution in [0.5, 0.6) is 0 Å². The van der Waals surface area contributed by atoms with Crippen molar-refractivity contribution >= 4 is 23.8 Å². The molecule has 0 aromatic rings. The zero-order chi connectivity index (χ0) is 34.8. The molecule has 47 heavy (non-hydrogen) atoms. The minimum absolute atomic E-state index is 0.0318. The first kappa shape index (κ1) is 44.8. The summed E-state index contributed by atoms with van der Waals surface area (Å²) in [7, 11) is 0. The van der Waals surface area contributed by atoms with Crippen LogP contribution in [0.15, 0.2) is 0 Å². The molecule has 0 spiro atoms. The number of hydrogen-bond acceptors (Lipinski definition) is 6. The number of ether oxygens (including phenoxy) is 1. The highest BCUT2D eigenvalue weighted by atomic mass is 16.5. The molecular weight excluding hydrogens is 596 g/mol. The number of carbonyl (C=O) groups is 4. The largest absolute Gasteiger partial charge is 0.480 e. The first-order chi connectivity index (χ1) is 22.8. The Bertz CT molecular complexity index is 777. The van der Waals surface area contributed by atoms with Crippen molar-refractivity contribution in [2.24, 2.45) is 0 Å². The van der Waals surface area contributed by atoms with Crippen LogP contribution in [0.2, 0.25) is 0 Å². The monoisotopic (exact) mass is 669 g/mol. The molecule has 4 N–H and O–H groups in total. The quantitative estimate of drug-likeness (QED) is 0.0392. The van der Waals surface area contributed by atoms with Gasteiger partial charge in [-0.2, -0.15) is 0 Å². The van der Waals surface area contributed by atoms with Crippen LogP contribution in [0.3, 0.4) is 0 Å². The van der Waals surface area contributed by atoms with Gasteiger partial charge in [0.1, 0.15) is 12.1 Å². The summed E-state index contributed by atoms with van der Waals surface area (Å²) in [5, 5.41) is 22.5. The number of rotatable bonds is 35. The van der Waals surface area contributed by atoms with Crippen molar-refractivity contribution < 1.29 is 34.1 Å². The Labute approximate surface area is 287 Å². The van der Waals surface area contributed by atoms with Crippen LogP contribution in [0.4, 0.5) is 0 Å². The number of carboxylic acids is 1. The van der Waals surface area contributed by atoms with E-state index >= 15 is 0 Å². The Hall–Kier alpha value is -2.16. The maximum atomic E-state index is 12.6. The zero-order valence-corrected chi connectivity index (χ0v) is 30.3. The Kier molecular flexibility index (Phi) is 32.2. The van der Waals surface area contributed by atoms with Gasteiger partial charge < -0.3 is 25.6 Å². The minimum Gasteiger partial charge on any atom is -0.480 e. The third-order valence-electron chi connectivity index (χ3n) is 8.85. The number of aliphatic hydroxyl groups excluding tert-OH is 1. The van der Waals surface area contributed by atoms with Crippen LogP contribution in [-0.4, -0.2) is 59.3 Å². The Morgan fingerprint density at radius 3 is 1.38 bits per heavy atom. The van der Waals surface area contributed by atoms with Crippen LogP contribution < -0.4 is 10.6 Å². The Morgan fingerprint density at radius 2 is 0.957 bits per heavy atom. The molecule has 0 saturated carbocycles. The normalized spacial score (nSPS) is 12.4. The van der Waals surface area contributed by atoms with E-state index in [1.807, 2.05) is 0 Å². The number of hydrogen-bond donors (Lipinski definition) is 4. The lowest BCUT2D eigenvalue weighted by Gasteiger charge is -2.18. The number of esters is 1. The fourth-order valence-electron chi connectivity index (χ4n) is 5.83. The number of carboxylic acid groups (broad SMARTS) is 1. The number of unbranched alkanes of at least 4 members (excludes halogenated alkanes) is 21. The van der Waals surface area contributed by atoms with Crippen LogP contribution in [0, 0.1) is 0 Å². The van der Waals surface area contributed by atoms with Crippen molar-refractivity contribution in [1.82, 2.24) is 10.6 Å². The Morgan fingerprint density at radius 1 is 0.553 bits per heavy atom. The summed E-state index contributed by atoms with van der Waals surface area (Å²) < 4.78 is 5.95. The van der Waals surface area contributed by atoms with Crippen molar-refractivity contribution in [1.29, 1.82) is 0 Å². The third kappa shape index (κ3) is 30.9. The number of carbonyl (C=O) groups excluding carboxylic acids is 3. The van der Waals surface area contributed by atoms with E-state index in [-0.39, 0.29) is 30.9 Å². The maximum Gasteiger partial charge on any atom is 0.328 e. The van der Waals surface area contributed by atoms with Crippen molar-refractivity contribution in [3.63, 3.8) is 0 Å². The molecule has 0 bridgehead atoms. The highest BCUT2D eigenvalue weighted by molar-refractivity contribution is 5.87. The van der Waals surface area contributed by atoms with Gasteiger partial charge in [-0.05, 0) is 38.5 Å². The summed E-state index contributed by atoms with van der Waals surface area (Å²) in [6, 6.07) is -1.38. The number of nitrogens with one attached hydrogen (secondary N) is 2. The minimum atomic E-state index is -1.38. The molecule has 0 saturated heterocycles. The molecule has 2 atom stereocenters. The first-order valence-corrected chi connectivity index (χ1v) is 19.4. The van der Waals surface area contributed by atoms with Gasteiger partial charge in [-0.1, -0.05) is 142 Å². The molecule has 9 heteroatoms. The van der Waals surface area contributed by atoms with E-state index in [9.17, 15) is 19.2 Å². The molecule has 0 aliphatic rings. The van der Waals surface area contributed by atoms with Gasteiger partial charge in [0.2, 0.25) is 11.8 Å². The van der Waals surface area contributed by atoms with Crippen molar-refractivity contribution in [3.8, 4) is 0 Å². The van der Waals surface area contributed by atoms with E-state index in [0.717, 1.165) is 51.4 Å². The van der Waals surface area contributed by atoms with Gasteiger partial charge in [0.25, 0.3) is 0 Å². The van der Waals surface area contributed by atoms with Gasteiger partial charge in [-0.25, -0.2) is 4.79 Å². The fraction of sp³-hybridized carbons (Fsp3) is 0.895. The lowest BCUT2D eigenvalue weighted by molar-refractivity contribution is -0.150. The standard InChI is InChI=1S/C38H72N2O7/c1-3-5-7-9-11-12-13-14-15-16-17-18-20-26-30-37(44)47-33(27-23-19-10-8-6-4-2)28-24-21-22-25-29-35(42)39-31-36(43)40-34(32-41)38(45)46/h33-34,41H,3-32H2,1-2H3,(H,39,42)(H,40,43)(H,45,46). The molecule has 9 nitrogen and oxygen atoms in total. The summed E-state index contributed by atoms with van der Waals surface area (Å²) in [6.45, 7) is 3.44. The predicted molar refractivity (Wildman–Crippen MR) is 190 cm³/mol. The van der Waals surface area contributed by atoms with Gasteiger partial charge in [0.15, 0.2) is 0 Å². The molecule has 0 heterocycles. The average molecular weight is 669 g/mol. The second-order valence-corrected chi connectivity index (χ2v) is 13.4. The predicted octanol–water partition coefficient (Wildman–Crippen LogP) is 8.54. The molecule has 0 aliphatic heterocycles. The van der Waals surface area contributed by atoms with Gasteiger partial charge in [-0.15, -0.1) is 0 Å². The first-order valence-electron chi connectivity index (χ1n) is 19.4.